The van der Waals surface area contributed by atoms with E-state index in [1.165, 1.54) is 20.0 Å². The number of benzene rings is 3. The highest BCUT2D eigenvalue weighted by atomic mass is 16.5. The van der Waals surface area contributed by atoms with Crippen molar-refractivity contribution >= 4 is 35.5 Å². The van der Waals surface area contributed by atoms with Crippen LogP contribution in [0.1, 0.15) is 85.5 Å². The van der Waals surface area contributed by atoms with Gasteiger partial charge in [0.2, 0.25) is 23.6 Å². The average Bonchev–Trinajstić information content (AvgIpc) is 3.30. The molecule has 5 amide bonds. The third-order valence-electron chi connectivity index (χ3n) is 10.8. The van der Waals surface area contributed by atoms with Gasteiger partial charge < -0.3 is 62.7 Å². The number of hydrogen-bond acceptors (Lipinski definition) is 13. The number of fused-ring (bicyclic) bond motifs is 5. The number of nitrogens with zero attached hydrogens (tertiary/aromatic N) is 2. The van der Waals surface area contributed by atoms with Crippen LogP contribution >= 0.6 is 0 Å². The van der Waals surface area contributed by atoms with Crippen LogP contribution in [0.15, 0.2) is 54.6 Å². The number of unbranched alkanes of at least 4 members (excludes halogenated alkanes) is 4. The first-order valence-electron chi connectivity index (χ1n) is 22.2. The summed E-state index contributed by atoms with van der Waals surface area (Å²) in [5.74, 6) is -4.12. The molecule has 0 saturated heterocycles. The zero-order valence-corrected chi connectivity index (χ0v) is 37.9. The fraction of sp³-hybridized carbons (Fsp3) is 0.468. The number of hydrogen-bond donors (Lipinski definition) is 8. The molecule has 356 valence electrons. The Morgan fingerprint density at radius 1 is 0.864 bits per heavy atom. The smallest absolute Gasteiger partial charge is 0.341 e. The van der Waals surface area contributed by atoms with Crippen LogP contribution in [-0.2, 0) is 36.8 Å². The summed E-state index contributed by atoms with van der Waals surface area (Å²) >= 11 is 0. The van der Waals surface area contributed by atoms with E-state index >= 15 is 0 Å². The van der Waals surface area contributed by atoms with Gasteiger partial charge in [-0.25, -0.2) is 4.79 Å². The monoisotopic (exact) mass is 913 g/mol. The summed E-state index contributed by atoms with van der Waals surface area (Å²) in [7, 11) is 1.37. The number of nitriles is 1. The molecule has 1 aliphatic heterocycles. The van der Waals surface area contributed by atoms with Crippen molar-refractivity contribution in [1.82, 2.24) is 26.2 Å². The lowest BCUT2D eigenvalue weighted by molar-refractivity contribution is -0.141. The van der Waals surface area contributed by atoms with Crippen LogP contribution in [0.3, 0.4) is 0 Å². The standard InChI is InChI=1S/C47H63N9O10/c1-4-5-6-7-8-9-30-10-13-33(40(26-30)66-28-41(57)58)44(60)54-36(16-17-48)47(63)56(3)42-32-12-15-39(65-23-20-51)35(27-32)34-24-31(11-14-38(34)64-22-19-50)25-37(45(61)52-21-18-49)55-43(59)29(2)53-46(42)62/h10-15,24,26-27,29,36-37,42H,4-9,16-17,19-23,25,28,48,50-51H2,1-3H3,(H,52,61)(H,53,62)(H,54,60)(H,55,59)(H,57,58)/t29-,36-,37-,42-/m0/s1. The Kier molecular flexibility index (Phi) is 20.6. The summed E-state index contributed by atoms with van der Waals surface area (Å²) < 4.78 is 17.7. The fourth-order valence-electron chi connectivity index (χ4n) is 7.47. The van der Waals surface area contributed by atoms with Crippen LogP contribution in [-0.4, -0.2) is 117 Å². The number of rotatable bonds is 23. The van der Waals surface area contributed by atoms with Crippen molar-refractivity contribution in [3.05, 3.63) is 76.9 Å². The SMILES string of the molecule is CCCCCCCc1ccc(C(=O)N[C@@H](CCN)C(=O)N(C)[C@@H]2C(=O)N[C@@H](C)C(=O)N[C@H](C(=O)NCC#N)Cc3ccc(OCCN)c(c3)-c3cc2ccc3OCCN)c(OCC(=O)O)c1. The van der Waals surface area contributed by atoms with E-state index < -0.39 is 66.3 Å². The van der Waals surface area contributed by atoms with E-state index in [-0.39, 0.29) is 69.1 Å². The number of carboxylic acids is 1. The Hall–Kier alpha value is -6.75. The van der Waals surface area contributed by atoms with Gasteiger partial charge in [-0.05, 0) is 85.8 Å². The minimum absolute atomic E-state index is 0.00811. The maximum absolute atomic E-state index is 14.7. The number of carbonyl (C=O) groups is 6. The number of ether oxygens (including phenoxy) is 3. The Morgan fingerprint density at radius 2 is 1.55 bits per heavy atom. The van der Waals surface area contributed by atoms with E-state index in [1.807, 2.05) is 6.07 Å². The van der Waals surface area contributed by atoms with E-state index in [4.69, 9.17) is 36.7 Å². The minimum atomic E-state index is -1.45. The molecule has 4 atom stereocenters. The topological polar surface area (TPSA) is 304 Å². The molecule has 3 aromatic rings. The molecule has 4 rings (SSSR count). The normalized spacial score (nSPS) is 16.3. The first-order chi connectivity index (χ1) is 31.8. The molecule has 0 unspecified atom stereocenters. The second kappa shape index (κ2) is 26.3. The van der Waals surface area contributed by atoms with Crippen molar-refractivity contribution in [2.75, 3.05) is 53.0 Å². The molecule has 4 bridgehead atoms. The zero-order valence-electron chi connectivity index (χ0n) is 37.9. The highest BCUT2D eigenvalue weighted by Gasteiger charge is 2.36. The van der Waals surface area contributed by atoms with E-state index in [1.54, 1.807) is 48.5 Å². The second-order valence-electron chi connectivity index (χ2n) is 15.9. The number of amides is 5. The predicted molar refractivity (Wildman–Crippen MR) is 245 cm³/mol. The van der Waals surface area contributed by atoms with Gasteiger partial charge in [0.25, 0.3) is 5.91 Å². The fourth-order valence-corrected chi connectivity index (χ4v) is 7.47. The Morgan fingerprint density at radius 3 is 2.20 bits per heavy atom. The summed E-state index contributed by atoms with van der Waals surface area (Å²) in [6, 6.07) is 11.6. The van der Waals surface area contributed by atoms with E-state index in [9.17, 15) is 33.9 Å². The first-order valence-corrected chi connectivity index (χ1v) is 22.2. The van der Waals surface area contributed by atoms with Crippen molar-refractivity contribution < 1.29 is 48.1 Å². The van der Waals surface area contributed by atoms with Crippen LogP contribution in [0, 0.1) is 11.3 Å². The van der Waals surface area contributed by atoms with Gasteiger partial charge in [-0.3, -0.25) is 24.0 Å². The molecule has 19 nitrogen and oxygen atoms in total. The maximum Gasteiger partial charge on any atom is 0.341 e. The molecular weight excluding hydrogens is 851 g/mol. The molecule has 1 heterocycles. The van der Waals surface area contributed by atoms with Crippen molar-refractivity contribution in [3.8, 4) is 34.4 Å². The van der Waals surface area contributed by atoms with Crippen LogP contribution in [0.2, 0.25) is 0 Å². The molecule has 0 radical (unpaired) electrons. The summed E-state index contributed by atoms with van der Waals surface area (Å²) in [4.78, 5) is 83.0. The van der Waals surface area contributed by atoms with Gasteiger partial charge in [0.05, 0.1) is 11.6 Å². The molecule has 0 spiro atoms. The third kappa shape index (κ3) is 14.6. The molecule has 3 aromatic carbocycles. The molecule has 1 aliphatic rings. The molecule has 0 aliphatic carbocycles. The Balaban J connectivity index is 1.81. The highest BCUT2D eigenvalue weighted by molar-refractivity contribution is 6.01. The lowest BCUT2D eigenvalue weighted by atomic mass is 9.93. The van der Waals surface area contributed by atoms with Gasteiger partial charge in [0.15, 0.2) is 6.61 Å². The second-order valence-corrected chi connectivity index (χ2v) is 15.9. The van der Waals surface area contributed by atoms with E-state index in [0.29, 0.717) is 34.6 Å². The summed E-state index contributed by atoms with van der Waals surface area (Å²) in [5, 5.41) is 29.2. The van der Waals surface area contributed by atoms with E-state index in [2.05, 4.69) is 28.2 Å². The lowest BCUT2D eigenvalue weighted by Gasteiger charge is -2.32. The van der Waals surface area contributed by atoms with Crippen LogP contribution in [0.25, 0.3) is 11.1 Å². The van der Waals surface area contributed by atoms with Gasteiger partial charge in [0.1, 0.15) is 61.2 Å². The molecule has 11 N–H and O–H groups in total. The molecule has 0 saturated carbocycles. The zero-order chi connectivity index (χ0) is 48.2. The summed E-state index contributed by atoms with van der Waals surface area (Å²) in [5.41, 5.74) is 20.2. The van der Waals surface area contributed by atoms with E-state index in [0.717, 1.165) is 42.6 Å². The van der Waals surface area contributed by atoms with Gasteiger partial charge >= 0.3 is 5.97 Å². The van der Waals surface area contributed by atoms with Crippen molar-refractivity contribution in [2.24, 2.45) is 17.2 Å². The third-order valence-corrected chi connectivity index (χ3v) is 10.8. The number of aliphatic carboxylic acids is 1. The molecule has 66 heavy (non-hydrogen) atoms. The van der Waals surface area contributed by atoms with Gasteiger partial charge in [0, 0.05) is 37.7 Å². The quantitative estimate of drug-likeness (QED) is 0.0498. The summed E-state index contributed by atoms with van der Waals surface area (Å²) in [6.07, 6.45) is 5.81. The van der Waals surface area contributed by atoms with Crippen molar-refractivity contribution in [2.45, 2.75) is 89.4 Å². The number of nitrogens with one attached hydrogen (secondary N) is 4. The Labute approximate surface area is 385 Å². The van der Waals surface area contributed by atoms with Crippen molar-refractivity contribution in [3.63, 3.8) is 0 Å². The van der Waals surface area contributed by atoms with Gasteiger partial charge in [-0.15, -0.1) is 0 Å². The van der Waals surface area contributed by atoms with Crippen molar-refractivity contribution in [1.29, 1.82) is 5.26 Å². The number of nitrogens with two attached hydrogens (primary N) is 3. The number of likely N-dealkylation sites (N-methyl/N-ethyl adjacent to an activating group) is 1. The molecule has 19 heteroatoms. The van der Waals surface area contributed by atoms with Gasteiger partial charge in [-0.2, -0.15) is 5.26 Å². The number of carboxylic acid groups (broad SMARTS) is 1. The number of carbonyl (C=O) groups excluding carboxylic acids is 5. The largest absolute Gasteiger partial charge is 0.492 e. The number of aryl methyl sites for hydroxylation is 1. The highest BCUT2D eigenvalue weighted by Crippen LogP contribution is 2.40. The van der Waals surface area contributed by atoms with Crippen LogP contribution < -0.4 is 52.7 Å². The van der Waals surface area contributed by atoms with Gasteiger partial charge in [-0.1, -0.05) is 50.8 Å². The molecular formula is C47H63N9O10. The molecule has 0 aromatic heterocycles. The minimum Gasteiger partial charge on any atom is -0.492 e. The average molecular weight is 914 g/mol. The molecule has 0 fully saturated rings. The summed E-state index contributed by atoms with van der Waals surface area (Å²) in [6.45, 7) is 3.06. The predicted octanol–water partition coefficient (Wildman–Crippen LogP) is 1.84. The Bertz CT molecular complexity index is 2210. The maximum atomic E-state index is 14.7. The van der Waals surface area contributed by atoms with Crippen LogP contribution in [0.5, 0.6) is 17.2 Å². The van der Waals surface area contributed by atoms with Crippen LogP contribution in [0.4, 0.5) is 0 Å². The lowest BCUT2D eigenvalue weighted by Crippen LogP contribution is -2.56. The first kappa shape index (κ1) is 51.9.